The van der Waals surface area contributed by atoms with Gasteiger partial charge < -0.3 is 10.1 Å². The van der Waals surface area contributed by atoms with Gasteiger partial charge in [-0.15, -0.1) is 0 Å². The Morgan fingerprint density at radius 1 is 1.30 bits per heavy atom. The number of fused-ring (bicyclic) bond motifs is 1. The Balaban J connectivity index is 1.41. The molecule has 1 aromatic rings. The fourth-order valence-electron chi connectivity index (χ4n) is 3.20. The summed E-state index contributed by atoms with van der Waals surface area (Å²) in [4.78, 5) is 2.50. The lowest BCUT2D eigenvalue weighted by atomic mass is 10.1. The van der Waals surface area contributed by atoms with Gasteiger partial charge >= 0.3 is 0 Å². The minimum absolute atomic E-state index is 0.558. The quantitative estimate of drug-likeness (QED) is 0.835. The molecule has 0 saturated carbocycles. The van der Waals surface area contributed by atoms with Crippen molar-refractivity contribution in [2.24, 2.45) is 0 Å². The number of aryl methyl sites for hydroxylation is 1. The van der Waals surface area contributed by atoms with E-state index in [1.54, 1.807) is 0 Å². The van der Waals surface area contributed by atoms with Gasteiger partial charge in [0.15, 0.2) is 0 Å². The van der Waals surface area contributed by atoms with E-state index in [9.17, 15) is 0 Å². The van der Waals surface area contributed by atoms with Crippen LogP contribution in [0, 0.1) is 0 Å². The fourth-order valence-corrected chi connectivity index (χ4v) is 3.61. The highest BCUT2D eigenvalue weighted by atomic mass is 79.9. The van der Waals surface area contributed by atoms with Gasteiger partial charge in [-0.25, -0.2) is 0 Å². The van der Waals surface area contributed by atoms with Crippen LogP contribution in [0.25, 0.3) is 0 Å². The van der Waals surface area contributed by atoms with Crippen LogP contribution in [0.1, 0.15) is 30.0 Å². The molecule has 20 heavy (non-hydrogen) atoms. The van der Waals surface area contributed by atoms with E-state index >= 15 is 0 Å². The summed E-state index contributed by atoms with van der Waals surface area (Å²) in [7, 11) is 0. The monoisotopic (exact) mass is 338 g/mol. The van der Waals surface area contributed by atoms with Crippen molar-refractivity contribution in [1.29, 1.82) is 0 Å². The second-order valence-corrected chi connectivity index (χ2v) is 6.61. The highest BCUT2D eigenvalue weighted by Crippen LogP contribution is 2.32. The summed E-state index contributed by atoms with van der Waals surface area (Å²) < 4.78 is 6.57. The van der Waals surface area contributed by atoms with Crippen LogP contribution in [-0.2, 0) is 11.2 Å². The molecule has 1 saturated heterocycles. The molecule has 1 atom stereocenters. The summed E-state index contributed by atoms with van der Waals surface area (Å²) in [5.74, 6) is 0. The van der Waals surface area contributed by atoms with Gasteiger partial charge in [0.25, 0.3) is 0 Å². The van der Waals surface area contributed by atoms with Crippen molar-refractivity contribution >= 4 is 15.9 Å². The average Bonchev–Trinajstić information content (AvgIpc) is 2.87. The average molecular weight is 339 g/mol. The number of hydrogen-bond donors (Lipinski definition) is 1. The maximum Gasteiger partial charge on any atom is 0.0594 e. The number of ether oxygens (including phenoxy) is 1. The lowest BCUT2D eigenvalue weighted by Gasteiger charge is -2.26. The lowest BCUT2D eigenvalue weighted by molar-refractivity contribution is 0.0374. The van der Waals surface area contributed by atoms with E-state index in [1.807, 2.05) is 0 Å². The molecule has 0 radical (unpaired) electrons. The molecule has 3 rings (SSSR count). The van der Waals surface area contributed by atoms with E-state index < -0.39 is 0 Å². The number of rotatable bonds is 5. The number of nitrogens with zero attached hydrogens (tertiary/aromatic N) is 1. The number of benzene rings is 1. The molecule has 0 aromatic heterocycles. The van der Waals surface area contributed by atoms with E-state index in [0.717, 1.165) is 32.8 Å². The minimum Gasteiger partial charge on any atom is -0.379 e. The molecule has 0 amide bonds. The number of hydrogen-bond acceptors (Lipinski definition) is 3. The van der Waals surface area contributed by atoms with Gasteiger partial charge in [-0.2, -0.15) is 0 Å². The fraction of sp³-hybridized carbons (Fsp3) is 0.625. The topological polar surface area (TPSA) is 24.5 Å². The Labute approximate surface area is 129 Å². The van der Waals surface area contributed by atoms with E-state index in [4.69, 9.17) is 4.74 Å². The molecule has 1 N–H and O–H groups in total. The summed E-state index contributed by atoms with van der Waals surface area (Å²) in [6.07, 6.45) is 3.67. The molecule has 1 aliphatic heterocycles. The predicted molar refractivity (Wildman–Crippen MR) is 85.1 cm³/mol. The van der Waals surface area contributed by atoms with Crippen LogP contribution in [0.15, 0.2) is 22.7 Å². The zero-order valence-corrected chi connectivity index (χ0v) is 13.5. The molecule has 0 spiro atoms. The number of nitrogens with one attached hydrogen (secondary N) is 1. The van der Waals surface area contributed by atoms with Gasteiger partial charge in [-0.1, -0.05) is 22.0 Å². The Bertz CT molecular complexity index is 446. The van der Waals surface area contributed by atoms with E-state index in [2.05, 4.69) is 44.3 Å². The number of morpholine rings is 1. The first kappa shape index (κ1) is 14.5. The van der Waals surface area contributed by atoms with Gasteiger partial charge in [0.05, 0.1) is 13.2 Å². The van der Waals surface area contributed by atoms with Crippen molar-refractivity contribution < 1.29 is 4.74 Å². The zero-order valence-electron chi connectivity index (χ0n) is 11.9. The standard InChI is InChI=1S/C16H23BrN2O/c17-14-3-4-15-13(12-14)2-5-16(15)18-6-1-7-19-8-10-20-11-9-19/h3-4,12,16,18H,1-2,5-11H2. The predicted octanol–water partition coefficient (Wildman–Crippen LogP) is 2.75. The summed E-state index contributed by atoms with van der Waals surface area (Å²) in [6.45, 7) is 6.30. The third-order valence-electron chi connectivity index (χ3n) is 4.33. The maximum absolute atomic E-state index is 5.37. The van der Waals surface area contributed by atoms with Crippen molar-refractivity contribution in [3.8, 4) is 0 Å². The number of halogens is 1. The van der Waals surface area contributed by atoms with E-state index in [0.29, 0.717) is 6.04 Å². The third-order valence-corrected chi connectivity index (χ3v) is 4.82. The zero-order chi connectivity index (χ0) is 13.8. The van der Waals surface area contributed by atoms with Crippen LogP contribution in [0.4, 0.5) is 0 Å². The first-order valence-electron chi connectivity index (χ1n) is 7.65. The van der Waals surface area contributed by atoms with E-state index in [1.165, 1.54) is 41.4 Å². The molecule has 2 aliphatic rings. The minimum atomic E-state index is 0.558. The normalized spacial score (nSPS) is 22.9. The molecule has 0 bridgehead atoms. The van der Waals surface area contributed by atoms with Gasteiger partial charge in [0.2, 0.25) is 0 Å². The molecular formula is C16H23BrN2O. The smallest absolute Gasteiger partial charge is 0.0594 e. The third kappa shape index (κ3) is 3.61. The highest BCUT2D eigenvalue weighted by Gasteiger charge is 2.21. The van der Waals surface area contributed by atoms with Gasteiger partial charge in [0.1, 0.15) is 0 Å². The van der Waals surface area contributed by atoms with Gasteiger partial charge in [0, 0.05) is 23.6 Å². The molecule has 1 unspecified atom stereocenters. The van der Waals surface area contributed by atoms with Gasteiger partial charge in [-0.05, 0) is 55.6 Å². The summed E-state index contributed by atoms with van der Waals surface area (Å²) in [6, 6.07) is 7.26. The summed E-state index contributed by atoms with van der Waals surface area (Å²) >= 11 is 3.56. The van der Waals surface area contributed by atoms with Crippen LogP contribution in [0.3, 0.4) is 0 Å². The van der Waals surface area contributed by atoms with Gasteiger partial charge in [-0.3, -0.25) is 4.90 Å². The second kappa shape index (κ2) is 7.03. The van der Waals surface area contributed by atoms with E-state index in [-0.39, 0.29) is 0 Å². The van der Waals surface area contributed by atoms with Crippen molar-refractivity contribution in [3.63, 3.8) is 0 Å². The summed E-state index contributed by atoms with van der Waals surface area (Å²) in [5, 5.41) is 3.72. The van der Waals surface area contributed by atoms with Crippen LogP contribution in [-0.4, -0.2) is 44.3 Å². The van der Waals surface area contributed by atoms with Crippen LogP contribution >= 0.6 is 15.9 Å². The largest absolute Gasteiger partial charge is 0.379 e. The van der Waals surface area contributed by atoms with Crippen molar-refractivity contribution in [2.75, 3.05) is 39.4 Å². The first-order valence-corrected chi connectivity index (χ1v) is 8.44. The highest BCUT2D eigenvalue weighted by molar-refractivity contribution is 9.10. The Hall–Kier alpha value is -0.420. The van der Waals surface area contributed by atoms with Crippen molar-refractivity contribution in [2.45, 2.75) is 25.3 Å². The molecular weight excluding hydrogens is 316 g/mol. The maximum atomic E-state index is 5.37. The van der Waals surface area contributed by atoms with Crippen molar-refractivity contribution in [3.05, 3.63) is 33.8 Å². The SMILES string of the molecule is Brc1ccc2c(c1)CCC2NCCCN1CCOCC1. The Kier molecular flexibility index (Phi) is 5.10. The molecule has 1 aromatic carbocycles. The second-order valence-electron chi connectivity index (χ2n) is 5.70. The van der Waals surface area contributed by atoms with Crippen LogP contribution < -0.4 is 5.32 Å². The molecule has 110 valence electrons. The first-order chi connectivity index (χ1) is 9.83. The summed E-state index contributed by atoms with van der Waals surface area (Å²) in [5.41, 5.74) is 3.00. The molecule has 3 nitrogen and oxygen atoms in total. The molecule has 1 heterocycles. The molecule has 1 fully saturated rings. The Morgan fingerprint density at radius 3 is 3.00 bits per heavy atom. The lowest BCUT2D eigenvalue weighted by Crippen LogP contribution is -2.37. The molecule has 1 aliphatic carbocycles. The van der Waals surface area contributed by atoms with Crippen LogP contribution in [0.2, 0.25) is 0 Å². The Morgan fingerprint density at radius 2 is 2.15 bits per heavy atom. The molecule has 4 heteroatoms. The van der Waals surface area contributed by atoms with Crippen LogP contribution in [0.5, 0.6) is 0 Å². The van der Waals surface area contributed by atoms with Crippen molar-refractivity contribution in [1.82, 2.24) is 10.2 Å².